The van der Waals surface area contributed by atoms with Crippen LogP contribution in [0.15, 0.2) is 0 Å². The van der Waals surface area contributed by atoms with E-state index in [0.717, 1.165) is 0 Å². The first kappa shape index (κ1) is 12.9. The summed E-state index contributed by atoms with van der Waals surface area (Å²) in [5.41, 5.74) is -0.567. The van der Waals surface area contributed by atoms with Crippen LogP contribution in [0, 0.1) is 0 Å². The molecule has 1 atom stereocenters. The average molecular weight is 203 g/mol. The van der Waals surface area contributed by atoms with Crippen molar-refractivity contribution in [1.82, 2.24) is 5.32 Å². The SMILES string of the molecule is COC(C)(C)CC(=O)N[C@H](C)C(=O)O. The summed E-state index contributed by atoms with van der Waals surface area (Å²) in [5.74, 6) is -1.37. The summed E-state index contributed by atoms with van der Waals surface area (Å²) in [7, 11) is 1.51. The Balaban J connectivity index is 4.05. The highest BCUT2D eigenvalue weighted by molar-refractivity contribution is 5.83. The maximum atomic E-state index is 11.3. The molecule has 0 aromatic heterocycles. The number of hydrogen-bond acceptors (Lipinski definition) is 3. The first-order valence-electron chi connectivity index (χ1n) is 4.36. The lowest BCUT2D eigenvalue weighted by molar-refractivity contribution is -0.142. The Bertz CT molecular complexity index is 225. The van der Waals surface area contributed by atoms with Gasteiger partial charge in [0.25, 0.3) is 0 Å². The molecule has 0 aromatic carbocycles. The van der Waals surface area contributed by atoms with Crippen molar-refractivity contribution in [2.45, 2.75) is 38.8 Å². The van der Waals surface area contributed by atoms with E-state index >= 15 is 0 Å². The molecule has 0 spiro atoms. The van der Waals surface area contributed by atoms with Gasteiger partial charge in [0.15, 0.2) is 0 Å². The van der Waals surface area contributed by atoms with Gasteiger partial charge in [0.2, 0.25) is 5.91 Å². The van der Waals surface area contributed by atoms with Crippen LogP contribution in [-0.4, -0.2) is 35.7 Å². The Morgan fingerprint density at radius 1 is 1.50 bits per heavy atom. The highest BCUT2D eigenvalue weighted by Crippen LogP contribution is 2.12. The van der Waals surface area contributed by atoms with Gasteiger partial charge in [-0.1, -0.05) is 0 Å². The molecular formula is C9H17NO4. The average Bonchev–Trinajstić information content (AvgIpc) is 2.02. The monoisotopic (exact) mass is 203 g/mol. The standard InChI is InChI=1S/C9H17NO4/c1-6(8(12)13)10-7(11)5-9(2,3)14-4/h6H,5H2,1-4H3,(H,10,11)(H,12,13)/t6-/m1/s1. The Labute approximate surface area is 83.4 Å². The Morgan fingerprint density at radius 2 is 2.00 bits per heavy atom. The molecule has 0 rings (SSSR count). The van der Waals surface area contributed by atoms with Gasteiger partial charge in [-0.3, -0.25) is 9.59 Å². The van der Waals surface area contributed by atoms with Crippen molar-refractivity contribution in [1.29, 1.82) is 0 Å². The van der Waals surface area contributed by atoms with Crippen molar-refractivity contribution in [3.05, 3.63) is 0 Å². The van der Waals surface area contributed by atoms with Gasteiger partial charge in [-0.2, -0.15) is 0 Å². The second-order valence-electron chi connectivity index (χ2n) is 3.77. The maximum Gasteiger partial charge on any atom is 0.325 e. The summed E-state index contributed by atoms with van der Waals surface area (Å²) < 4.78 is 5.04. The first-order valence-corrected chi connectivity index (χ1v) is 4.36. The third kappa shape index (κ3) is 4.81. The van der Waals surface area contributed by atoms with E-state index in [4.69, 9.17) is 9.84 Å². The fourth-order valence-electron chi connectivity index (χ4n) is 0.813. The van der Waals surface area contributed by atoms with Gasteiger partial charge in [-0.15, -0.1) is 0 Å². The van der Waals surface area contributed by atoms with E-state index in [1.165, 1.54) is 14.0 Å². The molecule has 1 amide bonds. The van der Waals surface area contributed by atoms with E-state index in [-0.39, 0.29) is 12.3 Å². The molecule has 0 saturated heterocycles. The first-order chi connectivity index (χ1) is 6.28. The minimum Gasteiger partial charge on any atom is -0.480 e. The highest BCUT2D eigenvalue weighted by atomic mass is 16.5. The number of nitrogens with one attached hydrogen (secondary N) is 1. The third-order valence-corrected chi connectivity index (χ3v) is 1.89. The summed E-state index contributed by atoms with van der Waals surface area (Å²) >= 11 is 0. The molecule has 0 heterocycles. The molecule has 0 aliphatic rings. The van der Waals surface area contributed by atoms with Gasteiger partial charge in [-0.25, -0.2) is 0 Å². The normalized spacial score (nSPS) is 13.4. The Hall–Kier alpha value is -1.10. The molecule has 0 aliphatic carbocycles. The van der Waals surface area contributed by atoms with E-state index < -0.39 is 17.6 Å². The van der Waals surface area contributed by atoms with E-state index in [9.17, 15) is 9.59 Å². The molecular weight excluding hydrogens is 186 g/mol. The smallest absolute Gasteiger partial charge is 0.325 e. The van der Waals surface area contributed by atoms with Crippen molar-refractivity contribution in [3.63, 3.8) is 0 Å². The molecule has 0 aliphatic heterocycles. The topological polar surface area (TPSA) is 75.6 Å². The minimum absolute atomic E-state index is 0.140. The Morgan fingerprint density at radius 3 is 2.36 bits per heavy atom. The van der Waals surface area contributed by atoms with Crippen LogP contribution in [0.25, 0.3) is 0 Å². The van der Waals surface area contributed by atoms with Crippen LogP contribution in [0.5, 0.6) is 0 Å². The number of amides is 1. The Kier molecular flexibility index (Phi) is 4.56. The van der Waals surface area contributed by atoms with Crippen molar-refractivity contribution < 1.29 is 19.4 Å². The number of carboxylic acid groups (broad SMARTS) is 1. The molecule has 5 nitrogen and oxygen atoms in total. The van der Waals surface area contributed by atoms with Gasteiger partial charge < -0.3 is 15.2 Å². The fourth-order valence-corrected chi connectivity index (χ4v) is 0.813. The molecule has 82 valence electrons. The number of ether oxygens (including phenoxy) is 1. The van der Waals surface area contributed by atoms with Crippen molar-refractivity contribution in [3.8, 4) is 0 Å². The highest BCUT2D eigenvalue weighted by Gasteiger charge is 2.23. The van der Waals surface area contributed by atoms with E-state index in [1.807, 2.05) is 0 Å². The summed E-state index contributed by atoms with van der Waals surface area (Å²) in [6, 6.07) is -0.866. The number of methoxy groups -OCH3 is 1. The fraction of sp³-hybridized carbons (Fsp3) is 0.778. The van der Waals surface area contributed by atoms with Crippen LogP contribution in [0.4, 0.5) is 0 Å². The van der Waals surface area contributed by atoms with Crippen LogP contribution < -0.4 is 5.32 Å². The molecule has 0 fully saturated rings. The quantitative estimate of drug-likeness (QED) is 0.677. The summed E-state index contributed by atoms with van der Waals surface area (Å²) in [5, 5.41) is 10.9. The van der Waals surface area contributed by atoms with E-state index in [0.29, 0.717) is 0 Å². The second-order valence-corrected chi connectivity index (χ2v) is 3.77. The lowest BCUT2D eigenvalue weighted by atomic mass is 10.0. The van der Waals surface area contributed by atoms with Gasteiger partial charge >= 0.3 is 5.97 Å². The lowest BCUT2D eigenvalue weighted by Crippen LogP contribution is -2.41. The van der Waals surface area contributed by atoms with Crippen LogP contribution >= 0.6 is 0 Å². The predicted molar refractivity (Wildman–Crippen MR) is 50.9 cm³/mol. The number of rotatable bonds is 5. The van der Waals surface area contributed by atoms with Gasteiger partial charge in [0.1, 0.15) is 6.04 Å². The van der Waals surface area contributed by atoms with Gasteiger partial charge in [-0.05, 0) is 20.8 Å². The number of carboxylic acids is 1. The van der Waals surface area contributed by atoms with Gasteiger partial charge in [0, 0.05) is 7.11 Å². The molecule has 0 radical (unpaired) electrons. The molecule has 14 heavy (non-hydrogen) atoms. The maximum absolute atomic E-state index is 11.3. The van der Waals surface area contributed by atoms with Gasteiger partial charge in [0.05, 0.1) is 12.0 Å². The van der Waals surface area contributed by atoms with Crippen LogP contribution in [0.2, 0.25) is 0 Å². The van der Waals surface area contributed by atoms with Crippen molar-refractivity contribution in [2.75, 3.05) is 7.11 Å². The zero-order valence-electron chi connectivity index (χ0n) is 8.96. The third-order valence-electron chi connectivity index (χ3n) is 1.89. The van der Waals surface area contributed by atoms with Crippen LogP contribution in [-0.2, 0) is 14.3 Å². The number of carbonyl (C=O) groups is 2. The summed E-state index contributed by atoms with van der Waals surface area (Å²) in [6.45, 7) is 4.94. The predicted octanol–water partition coefficient (Wildman–Crippen LogP) is 0.391. The second kappa shape index (κ2) is 4.95. The number of carbonyl (C=O) groups excluding carboxylic acids is 1. The molecule has 0 unspecified atom stereocenters. The number of aliphatic carboxylic acids is 1. The molecule has 0 saturated carbocycles. The van der Waals surface area contributed by atoms with Crippen LogP contribution in [0.1, 0.15) is 27.2 Å². The van der Waals surface area contributed by atoms with Crippen LogP contribution in [0.3, 0.4) is 0 Å². The largest absolute Gasteiger partial charge is 0.480 e. The van der Waals surface area contributed by atoms with E-state index in [2.05, 4.69) is 5.32 Å². The zero-order chi connectivity index (χ0) is 11.4. The molecule has 0 bridgehead atoms. The zero-order valence-corrected chi connectivity index (χ0v) is 8.96. The molecule has 5 heteroatoms. The molecule has 2 N–H and O–H groups in total. The molecule has 0 aromatic rings. The summed E-state index contributed by atoms with van der Waals surface area (Å²) in [6.07, 6.45) is 0.140. The van der Waals surface area contributed by atoms with E-state index in [1.54, 1.807) is 13.8 Å². The minimum atomic E-state index is -1.05. The number of hydrogen-bond donors (Lipinski definition) is 2. The lowest BCUT2D eigenvalue weighted by Gasteiger charge is -2.22. The van der Waals surface area contributed by atoms with Crippen molar-refractivity contribution >= 4 is 11.9 Å². The van der Waals surface area contributed by atoms with Crippen molar-refractivity contribution in [2.24, 2.45) is 0 Å². The summed E-state index contributed by atoms with van der Waals surface area (Å²) in [4.78, 5) is 21.7.